The Hall–Kier alpha value is -2.17. The summed E-state index contributed by atoms with van der Waals surface area (Å²) >= 11 is 0. The van der Waals surface area contributed by atoms with Gasteiger partial charge in [-0.15, -0.1) is 0 Å². The molecule has 0 aliphatic rings. The Morgan fingerprint density at radius 2 is 1.62 bits per heavy atom. The number of benzene rings is 2. The van der Waals surface area contributed by atoms with E-state index in [-0.39, 0.29) is 12.5 Å². The fraction of sp³-hybridized carbons (Fsp3) is 0.235. The zero-order valence-corrected chi connectivity index (χ0v) is 11.8. The molecular weight excluding hydrogens is 264 g/mol. The molecule has 0 aliphatic carbocycles. The van der Waals surface area contributed by atoms with E-state index >= 15 is 0 Å². The molecule has 2 aromatic rings. The van der Waals surface area contributed by atoms with E-state index in [2.05, 4.69) is 5.32 Å². The van der Waals surface area contributed by atoms with Crippen LogP contribution in [0, 0.1) is 0 Å². The summed E-state index contributed by atoms with van der Waals surface area (Å²) in [5, 5.41) is 12.2. The fourth-order valence-electron chi connectivity index (χ4n) is 2.16. The Morgan fingerprint density at radius 3 is 2.19 bits per heavy atom. The van der Waals surface area contributed by atoms with Crippen molar-refractivity contribution in [1.82, 2.24) is 5.32 Å². The molecule has 0 fully saturated rings. The van der Waals surface area contributed by atoms with Crippen LogP contribution in [0.3, 0.4) is 0 Å². The predicted molar refractivity (Wildman–Crippen MR) is 82.5 cm³/mol. The van der Waals surface area contributed by atoms with Crippen molar-refractivity contribution in [3.05, 3.63) is 71.8 Å². The summed E-state index contributed by atoms with van der Waals surface area (Å²) < 4.78 is 0. The minimum Gasteiger partial charge on any atom is -0.394 e. The average Bonchev–Trinajstić information content (AvgIpc) is 2.54. The quantitative estimate of drug-likeness (QED) is 0.750. The van der Waals surface area contributed by atoms with E-state index in [0.29, 0.717) is 6.42 Å². The first-order chi connectivity index (χ1) is 10.2. The first-order valence-corrected chi connectivity index (χ1v) is 6.96. The van der Waals surface area contributed by atoms with Gasteiger partial charge in [-0.1, -0.05) is 60.7 Å². The molecular formula is C17H20N2O2. The third-order valence-electron chi connectivity index (χ3n) is 3.34. The molecule has 1 amide bonds. The van der Waals surface area contributed by atoms with Crippen molar-refractivity contribution >= 4 is 5.91 Å². The summed E-state index contributed by atoms with van der Waals surface area (Å²) in [5.74, 6) is -0.262. The van der Waals surface area contributed by atoms with E-state index in [9.17, 15) is 9.90 Å². The second-order valence-corrected chi connectivity index (χ2v) is 4.95. The lowest BCUT2D eigenvalue weighted by atomic mass is 10.0. The van der Waals surface area contributed by atoms with Gasteiger partial charge < -0.3 is 16.2 Å². The Balaban J connectivity index is 1.96. The normalized spacial score (nSPS) is 13.4. The molecule has 0 saturated carbocycles. The molecule has 2 aromatic carbocycles. The Morgan fingerprint density at radius 1 is 1.05 bits per heavy atom. The van der Waals surface area contributed by atoms with Crippen LogP contribution in [0.15, 0.2) is 60.7 Å². The summed E-state index contributed by atoms with van der Waals surface area (Å²) in [7, 11) is 0. The number of nitrogens with one attached hydrogen (secondary N) is 1. The molecule has 4 N–H and O–H groups in total. The van der Waals surface area contributed by atoms with E-state index in [0.717, 1.165) is 11.1 Å². The standard InChI is InChI=1S/C17H20N2O2/c18-15(11-13-7-3-1-4-8-13)17(21)19-16(12-20)14-9-5-2-6-10-14/h1-10,15-16,20H,11-12,18H2,(H,19,21). The SMILES string of the molecule is NC(Cc1ccccc1)C(=O)NC(CO)c1ccccc1. The van der Waals surface area contributed by atoms with Crippen molar-refractivity contribution in [1.29, 1.82) is 0 Å². The van der Waals surface area contributed by atoms with E-state index in [1.54, 1.807) is 0 Å². The topological polar surface area (TPSA) is 75.4 Å². The predicted octanol–water partition coefficient (Wildman–Crippen LogP) is 1.41. The number of hydrogen-bond acceptors (Lipinski definition) is 3. The molecule has 4 nitrogen and oxygen atoms in total. The zero-order chi connectivity index (χ0) is 15.1. The van der Waals surface area contributed by atoms with Crippen LogP contribution in [0.2, 0.25) is 0 Å². The van der Waals surface area contributed by atoms with Crippen molar-refractivity contribution in [2.24, 2.45) is 5.73 Å². The molecule has 0 bridgehead atoms. The molecule has 0 aliphatic heterocycles. The highest BCUT2D eigenvalue weighted by Gasteiger charge is 2.19. The van der Waals surface area contributed by atoms with Crippen molar-refractivity contribution in [3.63, 3.8) is 0 Å². The molecule has 0 heterocycles. The molecule has 2 atom stereocenters. The second-order valence-electron chi connectivity index (χ2n) is 4.95. The number of carbonyl (C=O) groups excluding carboxylic acids is 1. The summed E-state index contributed by atoms with van der Waals surface area (Å²) in [6.07, 6.45) is 0.472. The minimum atomic E-state index is -0.634. The third kappa shape index (κ3) is 4.41. The van der Waals surface area contributed by atoms with E-state index in [4.69, 9.17) is 5.73 Å². The maximum absolute atomic E-state index is 12.1. The van der Waals surface area contributed by atoms with Gasteiger partial charge in [-0.2, -0.15) is 0 Å². The van der Waals surface area contributed by atoms with Gasteiger partial charge in [0.05, 0.1) is 18.7 Å². The molecule has 110 valence electrons. The summed E-state index contributed by atoms with van der Waals surface area (Å²) in [6.45, 7) is -0.159. The zero-order valence-electron chi connectivity index (χ0n) is 11.8. The van der Waals surface area contributed by atoms with Crippen LogP contribution in [0.4, 0.5) is 0 Å². The summed E-state index contributed by atoms with van der Waals surface area (Å²) in [6, 6.07) is 17.9. The first-order valence-electron chi connectivity index (χ1n) is 6.96. The van der Waals surface area contributed by atoms with E-state index in [1.807, 2.05) is 60.7 Å². The van der Waals surface area contributed by atoms with Crippen molar-refractivity contribution in [3.8, 4) is 0 Å². The average molecular weight is 284 g/mol. The van der Waals surface area contributed by atoms with Crippen LogP contribution in [0.25, 0.3) is 0 Å². The monoisotopic (exact) mass is 284 g/mol. The first kappa shape index (κ1) is 15.2. The van der Waals surface area contributed by atoms with Crippen molar-refractivity contribution < 1.29 is 9.90 Å². The van der Waals surface area contributed by atoms with Gasteiger partial charge in [0.1, 0.15) is 0 Å². The van der Waals surface area contributed by atoms with Gasteiger partial charge in [0.2, 0.25) is 5.91 Å². The number of aliphatic hydroxyl groups excluding tert-OH is 1. The van der Waals surface area contributed by atoms with Gasteiger partial charge in [-0.3, -0.25) is 4.79 Å². The number of nitrogens with two attached hydrogens (primary N) is 1. The minimum absolute atomic E-state index is 0.159. The second kappa shape index (κ2) is 7.57. The largest absolute Gasteiger partial charge is 0.394 e. The van der Waals surface area contributed by atoms with E-state index < -0.39 is 12.1 Å². The highest BCUT2D eigenvalue weighted by atomic mass is 16.3. The van der Waals surface area contributed by atoms with Gasteiger partial charge in [0, 0.05) is 0 Å². The summed E-state index contributed by atoms with van der Waals surface area (Å²) in [5.41, 5.74) is 7.81. The van der Waals surface area contributed by atoms with Gasteiger partial charge in [-0.25, -0.2) is 0 Å². The molecule has 0 saturated heterocycles. The number of hydrogen-bond donors (Lipinski definition) is 3. The number of carbonyl (C=O) groups is 1. The molecule has 2 rings (SSSR count). The van der Waals surface area contributed by atoms with Crippen LogP contribution in [-0.4, -0.2) is 23.7 Å². The van der Waals surface area contributed by atoms with Gasteiger partial charge >= 0.3 is 0 Å². The van der Waals surface area contributed by atoms with Gasteiger partial charge in [-0.05, 0) is 17.5 Å². The Labute approximate surface area is 124 Å². The van der Waals surface area contributed by atoms with Crippen LogP contribution < -0.4 is 11.1 Å². The van der Waals surface area contributed by atoms with Crippen LogP contribution in [0.5, 0.6) is 0 Å². The van der Waals surface area contributed by atoms with Gasteiger partial charge in [0.15, 0.2) is 0 Å². The smallest absolute Gasteiger partial charge is 0.237 e. The fourth-order valence-corrected chi connectivity index (χ4v) is 2.16. The van der Waals surface area contributed by atoms with Crippen LogP contribution >= 0.6 is 0 Å². The maximum atomic E-state index is 12.1. The van der Waals surface area contributed by atoms with Crippen molar-refractivity contribution in [2.45, 2.75) is 18.5 Å². The lowest BCUT2D eigenvalue weighted by molar-refractivity contribution is -0.123. The molecule has 0 radical (unpaired) electrons. The van der Waals surface area contributed by atoms with Crippen LogP contribution in [-0.2, 0) is 11.2 Å². The number of aliphatic hydroxyl groups is 1. The maximum Gasteiger partial charge on any atom is 0.237 e. The van der Waals surface area contributed by atoms with Gasteiger partial charge in [0.25, 0.3) is 0 Å². The molecule has 21 heavy (non-hydrogen) atoms. The molecule has 2 unspecified atom stereocenters. The molecule has 0 aromatic heterocycles. The molecule has 0 spiro atoms. The Bertz CT molecular complexity index is 558. The third-order valence-corrected chi connectivity index (χ3v) is 3.34. The van der Waals surface area contributed by atoms with E-state index in [1.165, 1.54) is 0 Å². The lowest BCUT2D eigenvalue weighted by Crippen LogP contribution is -2.44. The van der Waals surface area contributed by atoms with Crippen LogP contribution in [0.1, 0.15) is 17.2 Å². The highest BCUT2D eigenvalue weighted by molar-refractivity contribution is 5.82. The lowest BCUT2D eigenvalue weighted by Gasteiger charge is -2.19. The van der Waals surface area contributed by atoms with Crippen molar-refractivity contribution in [2.75, 3.05) is 6.61 Å². The molecule has 4 heteroatoms. The summed E-state index contributed by atoms with van der Waals surface area (Å²) in [4.78, 5) is 12.1. The highest BCUT2D eigenvalue weighted by Crippen LogP contribution is 2.12. The number of rotatable bonds is 6. The number of amides is 1. The Kier molecular flexibility index (Phi) is 5.49.